The second-order valence-corrected chi connectivity index (χ2v) is 4.33. The van der Waals surface area contributed by atoms with Crippen molar-refractivity contribution in [2.45, 2.75) is 6.42 Å². The zero-order valence-electron chi connectivity index (χ0n) is 9.49. The number of nitrogens with zero attached hydrogens (tertiary/aromatic N) is 3. The van der Waals surface area contributed by atoms with Gasteiger partial charge in [0, 0.05) is 45.5 Å². The maximum Gasteiger partial charge on any atom is 0.0513 e. The van der Waals surface area contributed by atoms with Gasteiger partial charge in [0.2, 0.25) is 0 Å². The summed E-state index contributed by atoms with van der Waals surface area (Å²) in [6.45, 7) is 10.2. The minimum Gasteiger partial charge on any atom is -0.310 e. The molecular formula is C11H22N4. The zero-order valence-corrected chi connectivity index (χ0v) is 9.49. The van der Waals surface area contributed by atoms with Crippen LogP contribution in [0.25, 0.3) is 0 Å². The van der Waals surface area contributed by atoms with Gasteiger partial charge in [-0.25, -0.2) is 0 Å². The lowest BCUT2D eigenvalue weighted by Crippen LogP contribution is -2.36. The standard InChI is InChI=1S/C11H22N4/c1-6-14-8-4-12-2-3-13-5-9-15(7-1)11-10-14/h2,13H,1,3-11H2. The molecule has 0 saturated carbocycles. The maximum atomic E-state index is 4.41. The molecular weight excluding hydrogens is 188 g/mol. The average molecular weight is 210 g/mol. The van der Waals surface area contributed by atoms with Crippen molar-refractivity contribution < 1.29 is 0 Å². The van der Waals surface area contributed by atoms with E-state index in [1.54, 1.807) is 0 Å². The fraction of sp³-hybridized carbons (Fsp3) is 0.909. The van der Waals surface area contributed by atoms with Crippen LogP contribution in [0.1, 0.15) is 6.42 Å². The summed E-state index contributed by atoms with van der Waals surface area (Å²) in [5.41, 5.74) is 0. The second-order valence-electron chi connectivity index (χ2n) is 4.33. The lowest BCUT2D eigenvalue weighted by atomic mass is 10.4. The Labute approximate surface area is 92.3 Å². The van der Waals surface area contributed by atoms with Crippen LogP contribution in [0.3, 0.4) is 0 Å². The summed E-state index contributed by atoms with van der Waals surface area (Å²) < 4.78 is 0. The third-order valence-corrected chi connectivity index (χ3v) is 3.20. The lowest BCUT2D eigenvalue weighted by molar-refractivity contribution is 0.260. The van der Waals surface area contributed by atoms with E-state index in [1.165, 1.54) is 39.1 Å². The van der Waals surface area contributed by atoms with Gasteiger partial charge in [0.05, 0.1) is 6.54 Å². The first-order chi connectivity index (χ1) is 7.45. The molecule has 1 saturated heterocycles. The predicted molar refractivity (Wildman–Crippen MR) is 63.7 cm³/mol. The van der Waals surface area contributed by atoms with Crippen LogP contribution in [-0.4, -0.2) is 74.9 Å². The normalized spacial score (nSPS) is 34.1. The van der Waals surface area contributed by atoms with Crippen LogP contribution < -0.4 is 5.32 Å². The highest BCUT2D eigenvalue weighted by Crippen LogP contribution is 2.02. The first-order valence-electron chi connectivity index (χ1n) is 6.09. The Hall–Kier alpha value is -0.450. The minimum atomic E-state index is 0.924. The molecule has 4 nitrogen and oxygen atoms in total. The quantitative estimate of drug-likeness (QED) is 0.594. The van der Waals surface area contributed by atoms with Crippen molar-refractivity contribution in [1.82, 2.24) is 15.1 Å². The monoisotopic (exact) mass is 210 g/mol. The number of aliphatic imine (C=N–C) groups is 1. The van der Waals surface area contributed by atoms with Crippen LogP contribution >= 0.6 is 0 Å². The highest BCUT2D eigenvalue weighted by molar-refractivity contribution is 5.59. The molecule has 0 amide bonds. The second kappa shape index (κ2) is 6.20. The Kier molecular flexibility index (Phi) is 4.57. The van der Waals surface area contributed by atoms with Crippen molar-refractivity contribution >= 4 is 6.21 Å². The molecule has 2 unspecified atom stereocenters. The molecule has 0 aromatic rings. The van der Waals surface area contributed by atoms with Gasteiger partial charge < -0.3 is 15.1 Å². The summed E-state index contributed by atoms with van der Waals surface area (Å²) in [4.78, 5) is 9.53. The molecule has 2 atom stereocenters. The van der Waals surface area contributed by atoms with Crippen LogP contribution in [0.4, 0.5) is 0 Å². The van der Waals surface area contributed by atoms with Crippen molar-refractivity contribution in [3.63, 3.8) is 0 Å². The fourth-order valence-electron chi connectivity index (χ4n) is 2.23. The number of nitrogens with one attached hydrogen (secondary N) is 1. The molecule has 0 aromatic carbocycles. The molecule has 2 bridgehead atoms. The van der Waals surface area contributed by atoms with E-state index in [1.807, 2.05) is 6.21 Å². The molecule has 0 aliphatic carbocycles. The summed E-state index contributed by atoms with van der Waals surface area (Å²) in [6.07, 6.45) is 3.33. The van der Waals surface area contributed by atoms with Crippen molar-refractivity contribution in [3.8, 4) is 0 Å². The molecule has 2 aliphatic rings. The molecule has 1 N–H and O–H groups in total. The average Bonchev–Trinajstić information content (AvgIpc) is 2.44. The largest absolute Gasteiger partial charge is 0.310 e. The van der Waals surface area contributed by atoms with Crippen molar-refractivity contribution in [2.75, 3.05) is 58.9 Å². The number of hydrogen-bond donors (Lipinski definition) is 1. The first kappa shape index (κ1) is 11.0. The summed E-state index contributed by atoms with van der Waals surface area (Å²) in [7, 11) is 0. The van der Waals surface area contributed by atoms with Crippen LogP contribution in [0.15, 0.2) is 4.99 Å². The fourth-order valence-corrected chi connectivity index (χ4v) is 2.23. The predicted octanol–water partition coefficient (Wildman–Crippen LogP) is -0.332. The van der Waals surface area contributed by atoms with Crippen molar-refractivity contribution in [1.29, 1.82) is 0 Å². The highest BCUT2D eigenvalue weighted by Gasteiger charge is 2.13. The summed E-state index contributed by atoms with van der Waals surface area (Å²) in [6, 6.07) is 0. The Balaban J connectivity index is 1.89. The van der Waals surface area contributed by atoms with Gasteiger partial charge in [-0.05, 0) is 19.5 Å². The van der Waals surface area contributed by atoms with E-state index < -0.39 is 0 Å². The summed E-state index contributed by atoms with van der Waals surface area (Å²) in [5, 5.41) is 3.40. The van der Waals surface area contributed by atoms with Gasteiger partial charge in [-0.2, -0.15) is 0 Å². The number of hydrogen-bond acceptors (Lipinski definition) is 4. The Morgan fingerprint density at radius 1 is 0.933 bits per heavy atom. The van der Waals surface area contributed by atoms with Gasteiger partial charge in [-0.15, -0.1) is 0 Å². The van der Waals surface area contributed by atoms with Crippen LogP contribution in [0.2, 0.25) is 0 Å². The zero-order chi connectivity index (χ0) is 10.3. The first-order valence-corrected chi connectivity index (χ1v) is 6.09. The third kappa shape index (κ3) is 3.89. The van der Waals surface area contributed by atoms with Gasteiger partial charge in [0.15, 0.2) is 0 Å². The van der Waals surface area contributed by atoms with Gasteiger partial charge in [0.25, 0.3) is 0 Å². The van der Waals surface area contributed by atoms with E-state index in [0.717, 1.165) is 26.2 Å². The van der Waals surface area contributed by atoms with E-state index in [0.29, 0.717) is 0 Å². The smallest absolute Gasteiger partial charge is 0.0513 e. The third-order valence-electron chi connectivity index (χ3n) is 3.20. The lowest BCUT2D eigenvalue weighted by Gasteiger charge is -2.21. The molecule has 0 spiro atoms. The van der Waals surface area contributed by atoms with E-state index in [-0.39, 0.29) is 0 Å². The van der Waals surface area contributed by atoms with Gasteiger partial charge in [0.1, 0.15) is 0 Å². The van der Waals surface area contributed by atoms with E-state index in [4.69, 9.17) is 0 Å². The summed E-state index contributed by atoms with van der Waals surface area (Å²) >= 11 is 0. The Morgan fingerprint density at radius 3 is 2.60 bits per heavy atom. The minimum absolute atomic E-state index is 0.924. The van der Waals surface area contributed by atoms with Crippen molar-refractivity contribution in [2.24, 2.45) is 4.99 Å². The molecule has 1 fully saturated rings. The van der Waals surface area contributed by atoms with Crippen LogP contribution in [-0.2, 0) is 0 Å². The van der Waals surface area contributed by atoms with Crippen LogP contribution in [0.5, 0.6) is 0 Å². The molecule has 15 heavy (non-hydrogen) atoms. The molecule has 86 valence electrons. The molecule has 0 aromatic heterocycles. The van der Waals surface area contributed by atoms with E-state index >= 15 is 0 Å². The topological polar surface area (TPSA) is 30.9 Å². The summed E-state index contributed by atoms with van der Waals surface area (Å²) in [5.74, 6) is 0. The van der Waals surface area contributed by atoms with Crippen molar-refractivity contribution in [3.05, 3.63) is 0 Å². The highest BCUT2D eigenvalue weighted by atomic mass is 15.2. The van der Waals surface area contributed by atoms with E-state index in [9.17, 15) is 0 Å². The number of rotatable bonds is 0. The molecule has 2 aliphatic heterocycles. The Bertz CT molecular complexity index is 205. The molecule has 2 heterocycles. The van der Waals surface area contributed by atoms with Crippen LogP contribution in [0, 0.1) is 0 Å². The molecule has 2 rings (SSSR count). The van der Waals surface area contributed by atoms with E-state index in [2.05, 4.69) is 20.1 Å². The molecule has 4 heteroatoms. The van der Waals surface area contributed by atoms with Gasteiger partial charge in [-0.1, -0.05) is 0 Å². The Morgan fingerprint density at radius 2 is 1.73 bits per heavy atom. The van der Waals surface area contributed by atoms with Gasteiger partial charge >= 0.3 is 0 Å². The molecule has 0 radical (unpaired) electrons. The van der Waals surface area contributed by atoms with Gasteiger partial charge in [-0.3, -0.25) is 4.99 Å². The maximum absolute atomic E-state index is 4.41. The number of fused-ring (bicyclic) bond motifs is 3. The SMILES string of the molecule is C1=NCCN2CCCN(CCNC1)CC2.